The van der Waals surface area contributed by atoms with Crippen LogP contribution in [-0.4, -0.2) is 44.8 Å². The Kier molecular flexibility index (Phi) is 4.02. The maximum absolute atomic E-state index is 12.8. The van der Waals surface area contributed by atoms with Gasteiger partial charge in [-0.3, -0.25) is 9.48 Å². The maximum atomic E-state index is 12.8. The van der Waals surface area contributed by atoms with Gasteiger partial charge >= 0.3 is 0 Å². The van der Waals surface area contributed by atoms with E-state index < -0.39 is 0 Å². The lowest BCUT2D eigenvalue weighted by Gasteiger charge is -2.29. The summed E-state index contributed by atoms with van der Waals surface area (Å²) in [5, 5.41) is 6.09. The molecule has 0 radical (unpaired) electrons. The van der Waals surface area contributed by atoms with E-state index >= 15 is 0 Å². The van der Waals surface area contributed by atoms with Gasteiger partial charge in [0, 0.05) is 24.2 Å². The van der Waals surface area contributed by atoms with Gasteiger partial charge in [-0.1, -0.05) is 6.07 Å². The fourth-order valence-electron chi connectivity index (χ4n) is 4.19. The van der Waals surface area contributed by atoms with E-state index in [1.54, 1.807) is 4.68 Å². The van der Waals surface area contributed by atoms with Crippen LogP contribution in [0, 0.1) is 0 Å². The molecule has 0 unspecified atom stereocenters. The first kappa shape index (κ1) is 17.1. The van der Waals surface area contributed by atoms with Crippen molar-refractivity contribution in [2.24, 2.45) is 7.05 Å². The highest BCUT2D eigenvalue weighted by molar-refractivity contribution is 5.85. The van der Waals surface area contributed by atoms with E-state index in [4.69, 9.17) is 4.98 Å². The van der Waals surface area contributed by atoms with Crippen molar-refractivity contribution >= 4 is 21.8 Å². The van der Waals surface area contributed by atoms with Gasteiger partial charge in [0.05, 0.1) is 16.4 Å². The van der Waals surface area contributed by atoms with Crippen LogP contribution in [-0.2, 0) is 7.05 Å². The molecule has 1 aliphatic heterocycles. The molecule has 0 spiro atoms. The van der Waals surface area contributed by atoms with E-state index in [0.717, 1.165) is 47.9 Å². The third kappa shape index (κ3) is 2.99. The lowest BCUT2D eigenvalue weighted by Crippen LogP contribution is -2.29. The molecular formula is C22H23N5O. The number of piperidine rings is 1. The standard InChI is InChI=1S/C22H23N5O/c1-26-9-7-14(8-10-26)15-3-6-20-18(12-15)22(28)24-21(23-20)16-4-5-19-17(11-16)13-27(2)25-19/h3-6,11-14H,7-10H2,1-2H3,(H,23,24,28). The molecule has 0 amide bonds. The number of hydrogen-bond donors (Lipinski definition) is 1. The minimum absolute atomic E-state index is 0.0824. The first-order valence-electron chi connectivity index (χ1n) is 9.73. The predicted molar refractivity (Wildman–Crippen MR) is 112 cm³/mol. The summed E-state index contributed by atoms with van der Waals surface area (Å²) in [6.45, 7) is 2.21. The molecule has 0 atom stereocenters. The summed E-state index contributed by atoms with van der Waals surface area (Å²) in [7, 11) is 4.06. The highest BCUT2D eigenvalue weighted by atomic mass is 16.1. The highest BCUT2D eigenvalue weighted by Crippen LogP contribution is 2.29. The zero-order chi connectivity index (χ0) is 19.3. The number of benzene rings is 2. The normalized spacial score (nSPS) is 16.2. The molecule has 3 heterocycles. The number of nitrogens with zero attached hydrogens (tertiary/aromatic N) is 4. The fourth-order valence-corrected chi connectivity index (χ4v) is 4.19. The summed E-state index contributed by atoms with van der Waals surface area (Å²) < 4.78 is 1.79. The zero-order valence-electron chi connectivity index (χ0n) is 16.1. The number of aromatic nitrogens is 4. The number of fused-ring (bicyclic) bond motifs is 2. The van der Waals surface area contributed by atoms with E-state index in [-0.39, 0.29) is 5.56 Å². The van der Waals surface area contributed by atoms with E-state index in [2.05, 4.69) is 28.1 Å². The lowest BCUT2D eigenvalue weighted by atomic mass is 9.89. The summed E-state index contributed by atoms with van der Waals surface area (Å²) in [4.78, 5) is 22.9. The molecule has 0 saturated carbocycles. The third-order valence-corrected chi connectivity index (χ3v) is 5.81. The Balaban J connectivity index is 1.54. The SMILES string of the molecule is CN1CCC(c2ccc3nc(-c4ccc5nn(C)cc5c4)[nH]c(=O)c3c2)CC1. The average molecular weight is 373 g/mol. The molecule has 6 nitrogen and oxygen atoms in total. The van der Waals surface area contributed by atoms with Crippen LogP contribution < -0.4 is 5.56 Å². The van der Waals surface area contributed by atoms with Crippen LogP contribution in [0.4, 0.5) is 0 Å². The summed E-state index contributed by atoms with van der Waals surface area (Å²) in [6, 6.07) is 12.1. The van der Waals surface area contributed by atoms with Crippen molar-refractivity contribution in [2.75, 3.05) is 20.1 Å². The number of aromatic amines is 1. The molecule has 28 heavy (non-hydrogen) atoms. The molecule has 2 aromatic carbocycles. The van der Waals surface area contributed by atoms with Crippen molar-refractivity contribution in [1.29, 1.82) is 0 Å². The Hall–Kier alpha value is -2.99. The molecule has 1 fully saturated rings. The van der Waals surface area contributed by atoms with Crippen LogP contribution in [0.5, 0.6) is 0 Å². The topological polar surface area (TPSA) is 66.8 Å². The van der Waals surface area contributed by atoms with E-state index in [0.29, 0.717) is 17.1 Å². The van der Waals surface area contributed by atoms with Crippen molar-refractivity contribution in [3.8, 4) is 11.4 Å². The zero-order valence-corrected chi connectivity index (χ0v) is 16.1. The van der Waals surface area contributed by atoms with Crippen molar-refractivity contribution < 1.29 is 0 Å². The Morgan fingerprint density at radius 1 is 1.04 bits per heavy atom. The molecule has 2 aromatic heterocycles. The van der Waals surface area contributed by atoms with Gasteiger partial charge in [0.15, 0.2) is 0 Å². The highest BCUT2D eigenvalue weighted by Gasteiger charge is 2.19. The molecule has 1 aliphatic rings. The largest absolute Gasteiger partial charge is 0.306 e. The summed E-state index contributed by atoms with van der Waals surface area (Å²) in [5.74, 6) is 1.11. The van der Waals surface area contributed by atoms with E-state index in [9.17, 15) is 4.79 Å². The van der Waals surface area contributed by atoms with Crippen molar-refractivity contribution in [1.82, 2.24) is 24.6 Å². The van der Waals surface area contributed by atoms with Gasteiger partial charge in [-0.15, -0.1) is 0 Å². The van der Waals surface area contributed by atoms with Gasteiger partial charge in [0.25, 0.3) is 5.56 Å². The fraction of sp³-hybridized carbons (Fsp3) is 0.318. The summed E-state index contributed by atoms with van der Waals surface area (Å²) >= 11 is 0. The van der Waals surface area contributed by atoms with Gasteiger partial charge < -0.3 is 9.88 Å². The second-order valence-electron chi connectivity index (χ2n) is 7.85. The third-order valence-electron chi connectivity index (χ3n) is 5.81. The van der Waals surface area contributed by atoms with Gasteiger partial charge in [0.1, 0.15) is 5.82 Å². The molecule has 1 saturated heterocycles. The maximum Gasteiger partial charge on any atom is 0.259 e. The molecule has 4 aromatic rings. The van der Waals surface area contributed by atoms with Gasteiger partial charge in [0.2, 0.25) is 0 Å². The Morgan fingerprint density at radius 2 is 1.82 bits per heavy atom. The smallest absolute Gasteiger partial charge is 0.259 e. The monoisotopic (exact) mass is 373 g/mol. The number of likely N-dealkylation sites (tertiary alicyclic amines) is 1. The van der Waals surface area contributed by atoms with Crippen LogP contribution in [0.2, 0.25) is 0 Å². The van der Waals surface area contributed by atoms with Crippen LogP contribution in [0.15, 0.2) is 47.4 Å². The molecule has 0 bridgehead atoms. The summed E-state index contributed by atoms with van der Waals surface area (Å²) in [5.41, 5.74) is 3.72. The first-order chi connectivity index (χ1) is 13.6. The molecular weight excluding hydrogens is 350 g/mol. The van der Waals surface area contributed by atoms with Gasteiger partial charge in [-0.2, -0.15) is 5.10 Å². The number of H-pyrrole nitrogens is 1. The minimum atomic E-state index is -0.0824. The Labute approximate surface area is 162 Å². The van der Waals surface area contributed by atoms with E-state index in [1.165, 1.54) is 5.56 Å². The molecule has 142 valence electrons. The molecule has 6 heteroatoms. The van der Waals surface area contributed by atoms with Crippen molar-refractivity contribution in [3.05, 3.63) is 58.5 Å². The Bertz CT molecular complexity index is 1230. The van der Waals surface area contributed by atoms with Crippen molar-refractivity contribution in [3.63, 3.8) is 0 Å². The lowest BCUT2D eigenvalue weighted by molar-refractivity contribution is 0.255. The van der Waals surface area contributed by atoms with Gasteiger partial charge in [-0.05, 0) is 74.8 Å². The minimum Gasteiger partial charge on any atom is -0.306 e. The van der Waals surface area contributed by atoms with Crippen LogP contribution >= 0.6 is 0 Å². The predicted octanol–water partition coefficient (Wildman–Crippen LogP) is 3.29. The Morgan fingerprint density at radius 3 is 2.64 bits per heavy atom. The number of aryl methyl sites for hydroxylation is 1. The van der Waals surface area contributed by atoms with Crippen LogP contribution in [0.25, 0.3) is 33.2 Å². The molecule has 0 aliphatic carbocycles. The van der Waals surface area contributed by atoms with Gasteiger partial charge in [-0.25, -0.2) is 4.98 Å². The summed E-state index contributed by atoms with van der Waals surface area (Å²) in [6.07, 6.45) is 4.24. The van der Waals surface area contributed by atoms with Crippen molar-refractivity contribution in [2.45, 2.75) is 18.8 Å². The number of hydrogen-bond acceptors (Lipinski definition) is 4. The van der Waals surface area contributed by atoms with Crippen LogP contribution in [0.3, 0.4) is 0 Å². The van der Waals surface area contributed by atoms with Crippen LogP contribution in [0.1, 0.15) is 24.3 Å². The second kappa shape index (κ2) is 6.56. The van der Waals surface area contributed by atoms with E-state index in [1.807, 2.05) is 43.6 Å². The first-order valence-corrected chi connectivity index (χ1v) is 9.73. The second-order valence-corrected chi connectivity index (χ2v) is 7.85. The number of nitrogens with one attached hydrogen (secondary N) is 1. The number of rotatable bonds is 2. The quantitative estimate of drug-likeness (QED) is 0.586. The average Bonchev–Trinajstić information content (AvgIpc) is 3.07. The molecule has 1 N–H and O–H groups in total. The molecule has 5 rings (SSSR count).